The van der Waals surface area contributed by atoms with Gasteiger partial charge in [-0.15, -0.1) is 0 Å². The monoisotopic (exact) mass is 458 g/mol. The molecule has 4 bridgehead atoms. The van der Waals surface area contributed by atoms with Crippen LogP contribution in [0.15, 0.2) is 48.5 Å². The van der Waals surface area contributed by atoms with E-state index in [4.69, 9.17) is 9.47 Å². The average Bonchev–Trinajstić information content (AvgIpc) is 2.85. The highest BCUT2D eigenvalue weighted by molar-refractivity contribution is 6.07. The lowest BCUT2D eigenvalue weighted by molar-refractivity contribution is -0.103. The molecule has 4 aliphatic rings. The normalized spacial score (nSPS) is 27.5. The number of aryl methyl sites for hydroxylation is 1. The van der Waals surface area contributed by atoms with Crippen LogP contribution in [-0.2, 0) is 21.4 Å². The van der Waals surface area contributed by atoms with Gasteiger partial charge in [0.15, 0.2) is 0 Å². The van der Waals surface area contributed by atoms with Crippen LogP contribution >= 0.6 is 0 Å². The Labute approximate surface area is 202 Å². The van der Waals surface area contributed by atoms with Crippen molar-refractivity contribution in [1.29, 1.82) is 0 Å². The molecule has 34 heavy (non-hydrogen) atoms. The molecule has 0 atom stereocenters. The van der Waals surface area contributed by atoms with E-state index in [9.17, 15) is 9.59 Å². The number of rotatable bonds is 8. The van der Waals surface area contributed by atoms with Gasteiger partial charge in [0.1, 0.15) is 12.0 Å². The lowest BCUT2D eigenvalue weighted by Gasteiger charge is -2.57. The Balaban J connectivity index is 1.31. The van der Waals surface area contributed by atoms with Gasteiger partial charge in [-0.05, 0) is 104 Å². The van der Waals surface area contributed by atoms with Gasteiger partial charge in [0.25, 0.3) is 0 Å². The Bertz CT molecular complexity index is 1080. The van der Waals surface area contributed by atoms with Crippen LogP contribution in [-0.4, -0.2) is 26.5 Å². The standard InChI is InChI=1S/C30H34O4/c1-33-28-14-20(5-3-8-26(19-31)24-6-4-7-25(15-24)29(32)34-2)9-10-27(28)30-16-21-11-22(17-30)13-23(12-21)18-30/h4,6-10,14-15,19,21-23H,3,5,11-13,16-18H2,1-2H3/b26-8+. The number of aldehydes is 1. The van der Waals surface area contributed by atoms with Crippen LogP contribution in [0.5, 0.6) is 5.75 Å². The second-order valence-corrected chi connectivity index (χ2v) is 10.6. The first-order valence-electron chi connectivity index (χ1n) is 12.5. The predicted molar refractivity (Wildman–Crippen MR) is 133 cm³/mol. The lowest BCUT2D eigenvalue weighted by atomic mass is 9.48. The van der Waals surface area contributed by atoms with Gasteiger partial charge in [0, 0.05) is 11.1 Å². The average molecular weight is 459 g/mol. The van der Waals surface area contributed by atoms with Gasteiger partial charge < -0.3 is 9.47 Å². The topological polar surface area (TPSA) is 52.6 Å². The van der Waals surface area contributed by atoms with Crippen molar-refractivity contribution in [3.05, 3.63) is 70.8 Å². The van der Waals surface area contributed by atoms with E-state index in [0.29, 0.717) is 16.6 Å². The Morgan fingerprint density at radius 1 is 0.971 bits per heavy atom. The summed E-state index contributed by atoms with van der Waals surface area (Å²) < 4.78 is 10.7. The molecule has 2 aromatic rings. The first-order valence-corrected chi connectivity index (χ1v) is 12.5. The smallest absolute Gasteiger partial charge is 0.337 e. The molecule has 0 saturated heterocycles. The summed E-state index contributed by atoms with van der Waals surface area (Å²) in [6.45, 7) is 0. The minimum absolute atomic E-state index is 0.313. The molecule has 0 radical (unpaired) electrons. The molecule has 178 valence electrons. The number of carbonyl (C=O) groups excluding carboxylic acids is 2. The van der Waals surface area contributed by atoms with Gasteiger partial charge in [-0.2, -0.15) is 0 Å². The molecular formula is C30H34O4. The van der Waals surface area contributed by atoms with Crippen LogP contribution in [0.3, 0.4) is 0 Å². The summed E-state index contributed by atoms with van der Waals surface area (Å²) in [5.41, 5.74) is 4.71. The fourth-order valence-electron chi connectivity index (χ4n) is 7.34. The number of hydrogen-bond acceptors (Lipinski definition) is 4. The minimum Gasteiger partial charge on any atom is -0.496 e. The Hall–Kier alpha value is -2.88. The summed E-state index contributed by atoms with van der Waals surface area (Å²) >= 11 is 0. The van der Waals surface area contributed by atoms with Crippen molar-refractivity contribution in [3.8, 4) is 5.75 Å². The quantitative estimate of drug-likeness (QED) is 0.270. The molecule has 0 amide bonds. The number of allylic oxidation sites excluding steroid dienone is 2. The second-order valence-electron chi connectivity index (χ2n) is 10.6. The zero-order chi connectivity index (χ0) is 23.7. The summed E-state index contributed by atoms with van der Waals surface area (Å²) in [6, 6.07) is 13.8. The third-order valence-electron chi connectivity index (χ3n) is 8.42. The summed E-state index contributed by atoms with van der Waals surface area (Å²) in [7, 11) is 3.15. The van der Waals surface area contributed by atoms with Crippen molar-refractivity contribution in [2.45, 2.75) is 56.8 Å². The maximum atomic E-state index is 11.8. The molecule has 4 heteroatoms. The molecule has 4 fully saturated rings. The molecule has 4 nitrogen and oxygen atoms in total. The molecule has 0 heterocycles. The first kappa shape index (κ1) is 22.9. The highest BCUT2D eigenvalue weighted by Crippen LogP contribution is 2.61. The summed E-state index contributed by atoms with van der Waals surface area (Å²) in [5.74, 6) is 3.34. The number of carbonyl (C=O) groups is 2. The van der Waals surface area contributed by atoms with E-state index < -0.39 is 5.97 Å². The van der Waals surface area contributed by atoms with Gasteiger partial charge in [-0.1, -0.05) is 30.3 Å². The van der Waals surface area contributed by atoms with Crippen LogP contribution in [0.25, 0.3) is 5.57 Å². The van der Waals surface area contributed by atoms with Gasteiger partial charge in [0.2, 0.25) is 0 Å². The van der Waals surface area contributed by atoms with Crippen LogP contribution in [0.4, 0.5) is 0 Å². The largest absolute Gasteiger partial charge is 0.496 e. The van der Waals surface area contributed by atoms with Crippen molar-refractivity contribution >= 4 is 17.8 Å². The number of methoxy groups -OCH3 is 2. The first-order chi connectivity index (χ1) is 16.5. The predicted octanol–water partition coefficient (Wildman–Crippen LogP) is 6.16. The third-order valence-corrected chi connectivity index (χ3v) is 8.42. The number of benzene rings is 2. The zero-order valence-corrected chi connectivity index (χ0v) is 20.2. The maximum Gasteiger partial charge on any atom is 0.337 e. The van der Waals surface area contributed by atoms with Crippen molar-refractivity contribution in [2.24, 2.45) is 17.8 Å². The molecule has 6 rings (SSSR count). The SMILES string of the molecule is COC(=O)c1cccc(/C(C=O)=C/CCc2ccc(C34CC5CC(CC(C5)C3)C4)c(OC)c2)c1. The zero-order valence-electron chi connectivity index (χ0n) is 20.2. The van der Waals surface area contributed by atoms with Crippen molar-refractivity contribution in [2.75, 3.05) is 14.2 Å². The highest BCUT2D eigenvalue weighted by atomic mass is 16.5. The van der Waals surface area contributed by atoms with Crippen LogP contribution in [0.1, 0.15) is 72.0 Å². The van der Waals surface area contributed by atoms with E-state index in [-0.39, 0.29) is 0 Å². The Morgan fingerprint density at radius 2 is 1.65 bits per heavy atom. The maximum absolute atomic E-state index is 11.8. The number of hydrogen-bond donors (Lipinski definition) is 0. The van der Waals surface area contributed by atoms with E-state index in [2.05, 4.69) is 18.2 Å². The molecule has 4 aliphatic carbocycles. The van der Waals surface area contributed by atoms with E-state index >= 15 is 0 Å². The van der Waals surface area contributed by atoms with E-state index in [1.165, 1.54) is 56.8 Å². The summed E-state index contributed by atoms with van der Waals surface area (Å²) in [5, 5.41) is 0. The molecule has 0 aliphatic heterocycles. The van der Waals surface area contributed by atoms with Crippen LogP contribution in [0.2, 0.25) is 0 Å². The number of esters is 1. The van der Waals surface area contributed by atoms with E-state index in [0.717, 1.165) is 48.2 Å². The summed E-state index contributed by atoms with van der Waals surface area (Å²) in [4.78, 5) is 23.6. The van der Waals surface area contributed by atoms with Gasteiger partial charge in [-0.3, -0.25) is 4.79 Å². The van der Waals surface area contributed by atoms with Gasteiger partial charge in [0.05, 0.1) is 19.8 Å². The summed E-state index contributed by atoms with van der Waals surface area (Å²) in [6.07, 6.45) is 12.6. The fourth-order valence-corrected chi connectivity index (χ4v) is 7.34. The molecular weight excluding hydrogens is 424 g/mol. The Morgan fingerprint density at radius 3 is 2.26 bits per heavy atom. The van der Waals surface area contributed by atoms with Crippen molar-refractivity contribution in [3.63, 3.8) is 0 Å². The van der Waals surface area contributed by atoms with Crippen LogP contribution < -0.4 is 4.74 Å². The van der Waals surface area contributed by atoms with Crippen LogP contribution in [0, 0.1) is 17.8 Å². The molecule has 0 aromatic heterocycles. The molecule has 2 aromatic carbocycles. The van der Waals surface area contributed by atoms with Gasteiger partial charge in [-0.25, -0.2) is 4.79 Å². The van der Waals surface area contributed by atoms with E-state index in [1.807, 2.05) is 12.1 Å². The fraction of sp³-hybridized carbons (Fsp3) is 0.467. The van der Waals surface area contributed by atoms with E-state index in [1.54, 1.807) is 25.3 Å². The van der Waals surface area contributed by atoms with Gasteiger partial charge >= 0.3 is 5.97 Å². The lowest BCUT2D eigenvalue weighted by Crippen LogP contribution is -2.48. The second kappa shape index (κ2) is 9.40. The third kappa shape index (κ3) is 4.31. The number of ether oxygens (including phenoxy) is 2. The molecule has 0 unspecified atom stereocenters. The molecule has 0 spiro atoms. The minimum atomic E-state index is -0.404. The molecule has 4 saturated carbocycles. The Kier molecular flexibility index (Phi) is 6.33. The van der Waals surface area contributed by atoms with Crippen molar-refractivity contribution < 1.29 is 19.1 Å². The van der Waals surface area contributed by atoms with Crippen molar-refractivity contribution in [1.82, 2.24) is 0 Å². The molecule has 0 N–H and O–H groups in total. The highest BCUT2D eigenvalue weighted by Gasteiger charge is 2.52.